The topological polar surface area (TPSA) is 76.1 Å². The molecule has 6 heteroatoms. The number of para-hydroxylation sites is 2. The van der Waals surface area contributed by atoms with E-state index >= 15 is 0 Å². The van der Waals surface area contributed by atoms with Gasteiger partial charge in [0.15, 0.2) is 18.1 Å². The fourth-order valence-electron chi connectivity index (χ4n) is 2.16. The minimum absolute atomic E-state index is 0.0184. The Balaban J connectivity index is 2.01. The summed E-state index contributed by atoms with van der Waals surface area (Å²) in [5.41, 5.74) is 0. The number of nitrogens with zero attached hydrogens (tertiary/aromatic N) is 1. The molecule has 2 rings (SSSR count). The number of rotatable bonds is 7. The predicted octanol–water partition coefficient (Wildman–Crippen LogP) is 1.54. The number of amides is 1. The number of hydrogen-bond donors (Lipinski definition) is 1. The van der Waals surface area contributed by atoms with E-state index in [1.807, 2.05) is 0 Å². The Kier molecular flexibility index (Phi) is 4.67. The van der Waals surface area contributed by atoms with Gasteiger partial charge >= 0.3 is 5.97 Å². The van der Waals surface area contributed by atoms with E-state index in [0.29, 0.717) is 11.5 Å². The Labute approximate surface area is 123 Å². The molecule has 0 saturated heterocycles. The second kappa shape index (κ2) is 6.47. The van der Waals surface area contributed by atoms with Gasteiger partial charge in [-0.05, 0) is 31.9 Å². The third-order valence-electron chi connectivity index (χ3n) is 3.42. The Bertz CT molecular complexity index is 527. The zero-order valence-electron chi connectivity index (χ0n) is 12.1. The number of methoxy groups -OCH3 is 1. The molecule has 1 amide bonds. The van der Waals surface area contributed by atoms with E-state index in [4.69, 9.17) is 14.6 Å². The molecule has 1 unspecified atom stereocenters. The summed E-state index contributed by atoms with van der Waals surface area (Å²) in [5.74, 6) is -0.326. The van der Waals surface area contributed by atoms with Crippen molar-refractivity contribution >= 4 is 11.9 Å². The van der Waals surface area contributed by atoms with Crippen LogP contribution in [0.2, 0.25) is 0 Å². The minimum atomic E-state index is -1.01. The van der Waals surface area contributed by atoms with Crippen LogP contribution >= 0.6 is 0 Å². The van der Waals surface area contributed by atoms with Gasteiger partial charge in [0.1, 0.15) is 6.04 Å². The van der Waals surface area contributed by atoms with Crippen molar-refractivity contribution in [2.45, 2.75) is 31.8 Å². The summed E-state index contributed by atoms with van der Waals surface area (Å²) in [6.45, 7) is 1.32. The summed E-state index contributed by atoms with van der Waals surface area (Å²) in [7, 11) is 1.52. The number of benzene rings is 1. The van der Waals surface area contributed by atoms with E-state index < -0.39 is 12.0 Å². The van der Waals surface area contributed by atoms with Crippen LogP contribution in [-0.2, 0) is 9.59 Å². The van der Waals surface area contributed by atoms with Crippen molar-refractivity contribution in [2.24, 2.45) is 0 Å². The first-order valence-corrected chi connectivity index (χ1v) is 6.84. The molecular weight excluding hydrogens is 274 g/mol. The largest absolute Gasteiger partial charge is 0.493 e. The first-order valence-electron chi connectivity index (χ1n) is 6.84. The van der Waals surface area contributed by atoms with Crippen molar-refractivity contribution in [1.82, 2.24) is 4.90 Å². The summed E-state index contributed by atoms with van der Waals surface area (Å²) in [6, 6.07) is 6.19. The van der Waals surface area contributed by atoms with Gasteiger partial charge < -0.3 is 19.5 Å². The van der Waals surface area contributed by atoms with Gasteiger partial charge in [-0.1, -0.05) is 12.1 Å². The van der Waals surface area contributed by atoms with Gasteiger partial charge in [-0.3, -0.25) is 4.79 Å². The molecule has 0 spiro atoms. The summed E-state index contributed by atoms with van der Waals surface area (Å²) >= 11 is 0. The molecular formula is C15H19NO5. The molecule has 1 fully saturated rings. The highest BCUT2D eigenvalue weighted by Gasteiger charge is 2.38. The smallest absolute Gasteiger partial charge is 0.326 e. The second-order valence-electron chi connectivity index (χ2n) is 4.99. The SMILES string of the molecule is COc1ccccc1OCC(=O)N(C1CC1)C(C)C(=O)O. The molecule has 1 aliphatic rings. The molecule has 114 valence electrons. The second-order valence-corrected chi connectivity index (χ2v) is 4.99. The van der Waals surface area contributed by atoms with Crippen LogP contribution in [0.25, 0.3) is 0 Å². The lowest BCUT2D eigenvalue weighted by Gasteiger charge is -2.26. The Morgan fingerprint density at radius 1 is 1.33 bits per heavy atom. The Hall–Kier alpha value is -2.24. The number of ether oxygens (including phenoxy) is 2. The number of hydrogen-bond acceptors (Lipinski definition) is 4. The fourth-order valence-corrected chi connectivity index (χ4v) is 2.16. The molecule has 0 radical (unpaired) electrons. The maximum Gasteiger partial charge on any atom is 0.326 e. The molecule has 1 aromatic carbocycles. The molecule has 0 heterocycles. The van der Waals surface area contributed by atoms with Crippen molar-refractivity contribution in [1.29, 1.82) is 0 Å². The molecule has 0 aromatic heterocycles. The van der Waals surface area contributed by atoms with Crippen LogP contribution in [0.4, 0.5) is 0 Å². The summed E-state index contributed by atoms with van der Waals surface area (Å²) in [6.07, 6.45) is 1.69. The van der Waals surface area contributed by atoms with Crippen molar-refractivity contribution in [3.05, 3.63) is 24.3 Å². The fraction of sp³-hybridized carbons (Fsp3) is 0.467. The quantitative estimate of drug-likeness (QED) is 0.825. The number of carbonyl (C=O) groups excluding carboxylic acids is 1. The van der Waals surface area contributed by atoms with Crippen LogP contribution in [0.15, 0.2) is 24.3 Å². The van der Waals surface area contributed by atoms with Crippen LogP contribution in [0.3, 0.4) is 0 Å². The first-order chi connectivity index (χ1) is 10.0. The molecule has 1 saturated carbocycles. The maximum absolute atomic E-state index is 12.2. The van der Waals surface area contributed by atoms with E-state index in [9.17, 15) is 9.59 Å². The summed E-state index contributed by atoms with van der Waals surface area (Å²) in [4.78, 5) is 24.7. The average molecular weight is 293 g/mol. The Morgan fingerprint density at radius 2 is 1.95 bits per heavy atom. The Morgan fingerprint density at radius 3 is 2.48 bits per heavy atom. The summed E-state index contributed by atoms with van der Waals surface area (Å²) < 4.78 is 10.6. The lowest BCUT2D eigenvalue weighted by molar-refractivity contribution is -0.150. The van der Waals surface area contributed by atoms with Crippen LogP contribution in [0.1, 0.15) is 19.8 Å². The van der Waals surface area contributed by atoms with E-state index in [0.717, 1.165) is 12.8 Å². The van der Waals surface area contributed by atoms with Crippen molar-refractivity contribution in [3.8, 4) is 11.5 Å². The molecule has 1 N–H and O–H groups in total. The summed E-state index contributed by atoms with van der Waals surface area (Å²) in [5, 5.41) is 9.09. The third-order valence-corrected chi connectivity index (χ3v) is 3.42. The first kappa shape index (κ1) is 15.2. The number of carbonyl (C=O) groups is 2. The standard InChI is InChI=1S/C15H19NO5/c1-10(15(18)19)16(11-7-8-11)14(17)9-21-13-6-4-3-5-12(13)20-2/h3-6,10-11H,7-9H2,1-2H3,(H,18,19). The molecule has 1 atom stereocenters. The zero-order chi connectivity index (χ0) is 15.4. The lowest BCUT2D eigenvalue weighted by atomic mass is 10.2. The van der Waals surface area contributed by atoms with Crippen LogP contribution < -0.4 is 9.47 Å². The highest BCUT2D eigenvalue weighted by Crippen LogP contribution is 2.30. The predicted molar refractivity (Wildman–Crippen MR) is 75.5 cm³/mol. The normalized spacial score (nSPS) is 15.1. The lowest BCUT2D eigenvalue weighted by Crippen LogP contribution is -2.46. The van der Waals surface area contributed by atoms with Gasteiger partial charge in [0.25, 0.3) is 5.91 Å². The molecule has 0 bridgehead atoms. The number of carboxylic acids is 1. The van der Waals surface area contributed by atoms with Gasteiger partial charge in [-0.2, -0.15) is 0 Å². The molecule has 0 aliphatic heterocycles. The van der Waals surface area contributed by atoms with E-state index in [1.54, 1.807) is 24.3 Å². The van der Waals surface area contributed by atoms with Gasteiger partial charge in [0.05, 0.1) is 7.11 Å². The highest BCUT2D eigenvalue weighted by molar-refractivity contribution is 5.85. The van der Waals surface area contributed by atoms with E-state index in [2.05, 4.69) is 0 Å². The zero-order valence-corrected chi connectivity index (χ0v) is 12.1. The van der Waals surface area contributed by atoms with Crippen molar-refractivity contribution < 1.29 is 24.2 Å². The minimum Gasteiger partial charge on any atom is -0.493 e. The average Bonchev–Trinajstić information content (AvgIpc) is 3.30. The number of aliphatic carboxylic acids is 1. The molecule has 1 aromatic rings. The molecule has 21 heavy (non-hydrogen) atoms. The van der Waals surface area contributed by atoms with Gasteiger partial charge in [0, 0.05) is 6.04 Å². The third kappa shape index (κ3) is 3.65. The van der Waals surface area contributed by atoms with Gasteiger partial charge in [-0.25, -0.2) is 4.79 Å². The van der Waals surface area contributed by atoms with Gasteiger partial charge in [0.2, 0.25) is 0 Å². The highest BCUT2D eigenvalue weighted by atomic mass is 16.5. The van der Waals surface area contributed by atoms with E-state index in [1.165, 1.54) is 18.9 Å². The van der Waals surface area contributed by atoms with Crippen LogP contribution in [-0.4, -0.2) is 47.7 Å². The van der Waals surface area contributed by atoms with Crippen LogP contribution in [0, 0.1) is 0 Å². The molecule has 6 nitrogen and oxygen atoms in total. The van der Waals surface area contributed by atoms with E-state index in [-0.39, 0.29) is 18.6 Å². The maximum atomic E-state index is 12.2. The van der Waals surface area contributed by atoms with Crippen molar-refractivity contribution in [3.63, 3.8) is 0 Å². The monoisotopic (exact) mass is 293 g/mol. The van der Waals surface area contributed by atoms with Gasteiger partial charge in [-0.15, -0.1) is 0 Å². The number of carboxylic acid groups (broad SMARTS) is 1. The molecule has 1 aliphatic carbocycles. The van der Waals surface area contributed by atoms with Crippen LogP contribution in [0.5, 0.6) is 11.5 Å². The van der Waals surface area contributed by atoms with Crippen molar-refractivity contribution in [2.75, 3.05) is 13.7 Å².